The van der Waals surface area contributed by atoms with Gasteiger partial charge in [-0.3, -0.25) is 9.69 Å². The van der Waals surface area contributed by atoms with Crippen molar-refractivity contribution in [2.75, 3.05) is 51.2 Å². The number of halogens is 1. The van der Waals surface area contributed by atoms with Gasteiger partial charge in [0.1, 0.15) is 5.82 Å². The van der Waals surface area contributed by atoms with E-state index in [1.807, 2.05) is 11.0 Å². The SMILES string of the molecule is CN1CCN(CC(=O)N2CC3(CCC3)c3c(F)cccc32)CC1. The Labute approximate surface area is 136 Å². The maximum absolute atomic E-state index is 14.4. The second-order valence-corrected chi connectivity index (χ2v) is 7.33. The molecule has 2 aliphatic heterocycles. The number of likely N-dealkylation sites (N-methyl/N-ethyl adjacent to an activating group) is 1. The third-order valence-electron chi connectivity index (χ3n) is 5.84. The molecule has 1 aromatic carbocycles. The van der Waals surface area contributed by atoms with Crippen LogP contribution in [0.1, 0.15) is 24.8 Å². The molecule has 1 saturated carbocycles. The number of hydrogen-bond donors (Lipinski definition) is 0. The molecule has 2 heterocycles. The molecule has 0 radical (unpaired) electrons. The Balaban J connectivity index is 1.54. The second-order valence-electron chi connectivity index (χ2n) is 7.33. The van der Waals surface area contributed by atoms with Gasteiger partial charge in [-0.2, -0.15) is 0 Å². The van der Waals surface area contributed by atoms with Gasteiger partial charge < -0.3 is 9.80 Å². The number of carbonyl (C=O) groups is 1. The van der Waals surface area contributed by atoms with Crippen molar-refractivity contribution in [3.05, 3.63) is 29.6 Å². The maximum atomic E-state index is 14.4. The van der Waals surface area contributed by atoms with E-state index in [1.165, 1.54) is 6.07 Å². The van der Waals surface area contributed by atoms with Gasteiger partial charge in [-0.05, 0) is 32.0 Å². The molecule has 1 saturated heterocycles. The highest BCUT2D eigenvalue weighted by Gasteiger charge is 2.50. The molecule has 2 fully saturated rings. The highest BCUT2D eigenvalue weighted by atomic mass is 19.1. The fraction of sp³-hybridized carbons (Fsp3) is 0.611. The number of anilines is 1. The lowest BCUT2D eigenvalue weighted by Crippen LogP contribution is -2.50. The number of fused-ring (bicyclic) bond motifs is 2. The van der Waals surface area contributed by atoms with Gasteiger partial charge in [-0.25, -0.2) is 4.39 Å². The van der Waals surface area contributed by atoms with Gasteiger partial charge in [0, 0.05) is 43.7 Å². The summed E-state index contributed by atoms with van der Waals surface area (Å²) in [5.74, 6) is -0.0257. The number of piperazine rings is 1. The van der Waals surface area contributed by atoms with Crippen LogP contribution in [0.3, 0.4) is 0 Å². The number of amides is 1. The molecule has 1 amide bonds. The number of rotatable bonds is 2. The van der Waals surface area contributed by atoms with E-state index in [0.29, 0.717) is 13.1 Å². The molecule has 3 aliphatic rings. The predicted molar refractivity (Wildman–Crippen MR) is 88.2 cm³/mol. The first-order chi connectivity index (χ1) is 11.1. The first kappa shape index (κ1) is 15.1. The Morgan fingerprint density at radius 3 is 2.61 bits per heavy atom. The minimum Gasteiger partial charge on any atom is -0.310 e. The van der Waals surface area contributed by atoms with Gasteiger partial charge in [-0.15, -0.1) is 0 Å². The quantitative estimate of drug-likeness (QED) is 0.833. The lowest BCUT2D eigenvalue weighted by molar-refractivity contribution is -0.120. The zero-order valence-corrected chi connectivity index (χ0v) is 13.7. The maximum Gasteiger partial charge on any atom is 0.241 e. The first-order valence-electron chi connectivity index (χ1n) is 8.59. The molecule has 1 aliphatic carbocycles. The topological polar surface area (TPSA) is 26.8 Å². The molecular weight excluding hydrogens is 293 g/mol. The van der Waals surface area contributed by atoms with Crippen LogP contribution in [-0.2, 0) is 10.2 Å². The zero-order valence-electron chi connectivity index (χ0n) is 13.7. The van der Waals surface area contributed by atoms with Crippen molar-refractivity contribution in [3.8, 4) is 0 Å². The fourth-order valence-corrected chi connectivity index (χ4v) is 4.25. The van der Waals surface area contributed by atoms with Gasteiger partial charge >= 0.3 is 0 Å². The summed E-state index contributed by atoms with van der Waals surface area (Å²) >= 11 is 0. The average Bonchev–Trinajstić information content (AvgIpc) is 2.87. The van der Waals surface area contributed by atoms with E-state index in [9.17, 15) is 9.18 Å². The summed E-state index contributed by atoms with van der Waals surface area (Å²) in [4.78, 5) is 19.2. The average molecular weight is 317 g/mol. The lowest BCUT2D eigenvalue weighted by Gasteiger charge is -2.39. The summed E-state index contributed by atoms with van der Waals surface area (Å²) in [6, 6.07) is 5.17. The Morgan fingerprint density at radius 1 is 1.22 bits per heavy atom. The van der Waals surface area contributed by atoms with Crippen molar-refractivity contribution < 1.29 is 9.18 Å². The van der Waals surface area contributed by atoms with E-state index in [1.54, 1.807) is 6.07 Å². The Kier molecular flexibility index (Phi) is 3.65. The van der Waals surface area contributed by atoms with Crippen molar-refractivity contribution in [2.24, 2.45) is 0 Å². The third-order valence-corrected chi connectivity index (χ3v) is 5.84. The molecule has 4 nitrogen and oxygen atoms in total. The zero-order chi connectivity index (χ0) is 16.0. The van der Waals surface area contributed by atoms with Crippen molar-refractivity contribution in [1.29, 1.82) is 0 Å². The summed E-state index contributed by atoms with van der Waals surface area (Å²) in [6.45, 7) is 4.97. The molecule has 1 spiro atoms. The molecule has 0 bridgehead atoms. The number of carbonyl (C=O) groups excluding carboxylic acids is 1. The van der Waals surface area contributed by atoms with Gasteiger partial charge in [0.2, 0.25) is 5.91 Å². The fourth-order valence-electron chi connectivity index (χ4n) is 4.25. The molecule has 124 valence electrons. The Morgan fingerprint density at radius 2 is 1.96 bits per heavy atom. The van der Waals surface area contributed by atoms with Crippen LogP contribution < -0.4 is 4.90 Å². The molecule has 23 heavy (non-hydrogen) atoms. The highest BCUT2D eigenvalue weighted by Crippen LogP contribution is 2.53. The summed E-state index contributed by atoms with van der Waals surface area (Å²) in [6.07, 6.45) is 3.13. The molecule has 5 heteroatoms. The van der Waals surface area contributed by atoms with E-state index < -0.39 is 0 Å². The lowest BCUT2D eigenvalue weighted by atomic mass is 9.65. The van der Waals surface area contributed by atoms with Crippen LogP contribution in [-0.4, -0.2) is 62.0 Å². The van der Waals surface area contributed by atoms with Crippen LogP contribution >= 0.6 is 0 Å². The minimum absolute atomic E-state index is 0.113. The highest BCUT2D eigenvalue weighted by molar-refractivity contribution is 5.97. The first-order valence-corrected chi connectivity index (χ1v) is 8.59. The van der Waals surface area contributed by atoms with Crippen LogP contribution in [0.5, 0.6) is 0 Å². The minimum atomic E-state index is -0.142. The molecule has 1 aromatic rings. The van der Waals surface area contributed by atoms with E-state index in [-0.39, 0.29) is 17.1 Å². The van der Waals surface area contributed by atoms with Crippen molar-refractivity contribution in [3.63, 3.8) is 0 Å². The summed E-state index contributed by atoms with van der Waals surface area (Å²) in [7, 11) is 2.11. The Hall–Kier alpha value is -1.46. The van der Waals surface area contributed by atoms with E-state index in [0.717, 1.165) is 56.7 Å². The molecule has 0 unspecified atom stereocenters. The van der Waals surface area contributed by atoms with Crippen LogP contribution in [0.2, 0.25) is 0 Å². The normalized spacial score (nSPS) is 23.8. The molecule has 0 atom stereocenters. The number of benzene rings is 1. The second kappa shape index (κ2) is 5.56. The largest absolute Gasteiger partial charge is 0.310 e. The standard InChI is InChI=1S/C18H24FN3O/c1-20-8-10-21(11-9-20)12-16(23)22-13-18(6-3-7-18)17-14(19)4-2-5-15(17)22/h2,4-5H,3,6-13H2,1H3. The van der Waals surface area contributed by atoms with Crippen molar-refractivity contribution >= 4 is 11.6 Å². The molecule has 0 aromatic heterocycles. The summed E-state index contributed by atoms with van der Waals surface area (Å²) in [5, 5.41) is 0. The monoisotopic (exact) mass is 317 g/mol. The van der Waals surface area contributed by atoms with Crippen molar-refractivity contribution in [1.82, 2.24) is 9.80 Å². The number of hydrogen-bond acceptors (Lipinski definition) is 3. The van der Waals surface area contributed by atoms with E-state index in [2.05, 4.69) is 16.8 Å². The summed E-state index contributed by atoms with van der Waals surface area (Å²) in [5.41, 5.74) is 1.49. The van der Waals surface area contributed by atoms with Gasteiger partial charge in [0.25, 0.3) is 0 Å². The smallest absolute Gasteiger partial charge is 0.241 e. The van der Waals surface area contributed by atoms with Crippen LogP contribution in [0.15, 0.2) is 18.2 Å². The predicted octanol–water partition coefficient (Wildman–Crippen LogP) is 1.84. The molecule has 4 rings (SSSR count). The van der Waals surface area contributed by atoms with Crippen LogP contribution in [0, 0.1) is 5.82 Å². The Bertz CT molecular complexity index is 621. The van der Waals surface area contributed by atoms with Gasteiger partial charge in [0.15, 0.2) is 0 Å². The molecule has 0 N–H and O–H groups in total. The number of nitrogens with zero attached hydrogens (tertiary/aromatic N) is 3. The summed E-state index contributed by atoms with van der Waals surface area (Å²) < 4.78 is 14.4. The molecular formula is C18H24FN3O. The van der Waals surface area contributed by atoms with Gasteiger partial charge in [0.05, 0.1) is 12.2 Å². The van der Waals surface area contributed by atoms with Crippen LogP contribution in [0.4, 0.5) is 10.1 Å². The third kappa shape index (κ3) is 2.46. The van der Waals surface area contributed by atoms with Crippen LogP contribution in [0.25, 0.3) is 0 Å². The van der Waals surface area contributed by atoms with E-state index >= 15 is 0 Å². The van der Waals surface area contributed by atoms with E-state index in [4.69, 9.17) is 0 Å². The van der Waals surface area contributed by atoms with Crippen molar-refractivity contribution in [2.45, 2.75) is 24.7 Å². The van der Waals surface area contributed by atoms with Gasteiger partial charge in [-0.1, -0.05) is 12.5 Å².